The summed E-state index contributed by atoms with van der Waals surface area (Å²) in [5.41, 5.74) is 5.74. The summed E-state index contributed by atoms with van der Waals surface area (Å²) in [7, 11) is 0. The number of Topliss-reactive ketones (excluding diaryl/α,β-unsaturated/α-hetero) is 1. The first-order chi connectivity index (χ1) is 15.0. The van der Waals surface area contributed by atoms with Crippen molar-refractivity contribution in [3.05, 3.63) is 58.0 Å². The van der Waals surface area contributed by atoms with Crippen LogP contribution in [0.25, 0.3) is 20.4 Å². The van der Waals surface area contributed by atoms with Gasteiger partial charge >= 0.3 is 0 Å². The fraction of sp³-hybridized carbons (Fsp3) is 0.333. The monoisotopic (exact) mass is 467 g/mol. The van der Waals surface area contributed by atoms with Gasteiger partial charge in [0, 0.05) is 21.7 Å². The third kappa shape index (κ3) is 3.86. The molecule has 0 atom stereocenters. The predicted molar refractivity (Wildman–Crippen MR) is 130 cm³/mol. The van der Waals surface area contributed by atoms with Gasteiger partial charge in [0.25, 0.3) is 0 Å². The Labute approximate surface area is 194 Å². The topological polar surface area (TPSA) is 55.7 Å². The number of halogens is 1. The molecule has 5 rings (SSSR count). The number of carbonyl (C=O) groups is 1. The molecule has 0 saturated heterocycles. The Morgan fingerprint density at radius 2 is 1.87 bits per heavy atom. The number of carbonyl (C=O) groups excluding carboxylic acids is 1. The van der Waals surface area contributed by atoms with Crippen LogP contribution in [0.3, 0.4) is 0 Å². The molecule has 158 valence electrons. The molecule has 1 aliphatic rings. The average Bonchev–Trinajstić information content (AvgIpc) is 3.16. The number of hydrogen-bond acceptors (Lipinski definition) is 6. The van der Waals surface area contributed by atoms with Crippen LogP contribution < -0.4 is 0 Å². The summed E-state index contributed by atoms with van der Waals surface area (Å²) >= 11 is 9.06. The van der Waals surface area contributed by atoms with Crippen LogP contribution in [-0.4, -0.2) is 26.5 Å². The normalized spacial score (nSPS) is 13.8. The summed E-state index contributed by atoms with van der Waals surface area (Å²) in [4.78, 5) is 27.9. The van der Waals surface area contributed by atoms with E-state index in [4.69, 9.17) is 16.6 Å². The predicted octanol–water partition coefficient (Wildman–Crippen LogP) is 6.87. The fourth-order valence-electron chi connectivity index (χ4n) is 4.30. The van der Waals surface area contributed by atoms with Gasteiger partial charge in [-0.2, -0.15) is 0 Å². The zero-order valence-corrected chi connectivity index (χ0v) is 19.8. The molecule has 0 aliphatic heterocycles. The van der Waals surface area contributed by atoms with Crippen molar-refractivity contribution in [2.45, 2.75) is 50.5 Å². The highest BCUT2D eigenvalue weighted by atomic mass is 35.5. The molecule has 4 aromatic rings. The van der Waals surface area contributed by atoms with Gasteiger partial charge in [0.1, 0.15) is 16.2 Å². The number of aryl methyl sites for hydroxylation is 1. The van der Waals surface area contributed by atoms with E-state index in [2.05, 4.69) is 23.8 Å². The van der Waals surface area contributed by atoms with Gasteiger partial charge in [0.05, 0.1) is 16.0 Å². The van der Waals surface area contributed by atoms with E-state index in [0.717, 1.165) is 32.9 Å². The van der Waals surface area contributed by atoms with Crippen molar-refractivity contribution >= 4 is 60.9 Å². The number of ketones is 1. The molecule has 0 radical (unpaired) electrons. The van der Waals surface area contributed by atoms with E-state index in [0.29, 0.717) is 22.3 Å². The lowest BCUT2D eigenvalue weighted by molar-refractivity contribution is 0.102. The van der Waals surface area contributed by atoms with Crippen molar-refractivity contribution in [1.82, 2.24) is 15.0 Å². The number of benzene rings is 1. The van der Waals surface area contributed by atoms with Crippen LogP contribution in [0.15, 0.2) is 35.6 Å². The summed E-state index contributed by atoms with van der Waals surface area (Å²) in [5.74, 6) is 0.788. The second-order valence-corrected chi connectivity index (χ2v) is 10.6. The van der Waals surface area contributed by atoms with Gasteiger partial charge in [-0.05, 0) is 67.0 Å². The number of hydrogen-bond donors (Lipinski definition) is 0. The minimum Gasteiger partial charge on any atom is -0.293 e. The molecule has 0 saturated carbocycles. The highest BCUT2D eigenvalue weighted by molar-refractivity contribution is 8.00. The molecule has 3 aromatic heterocycles. The van der Waals surface area contributed by atoms with Gasteiger partial charge in [-0.15, -0.1) is 11.3 Å². The van der Waals surface area contributed by atoms with E-state index in [-0.39, 0.29) is 5.78 Å². The smallest absolute Gasteiger partial charge is 0.173 e. The molecule has 0 amide bonds. The number of pyridine rings is 1. The molecule has 0 N–H and O–H groups in total. The lowest BCUT2D eigenvalue weighted by Crippen LogP contribution is -2.10. The zero-order chi connectivity index (χ0) is 21.5. The molecule has 7 heteroatoms. The van der Waals surface area contributed by atoms with Crippen LogP contribution in [-0.2, 0) is 12.8 Å². The van der Waals surface area contributed by atoms with Gasteiger partial charge in [0.2, 0.25) is 0 Å². The van der Waals surface area contributed by atoms with E-state index in [1.165, 1.54) is 46.8 Å². The third-order valence-electron chi connectivity index (χ3n) is 5.77. The Balaban J connectivity index is 1.55. The maximum absolute atomic E-state index is 12.6. The highest BCUT2D eigenvalue weighted by Gasteiger charge is 2.24. The molecular formula is C24H22ClN3OS2. The first kappa shape index (κ1) is 20.9. The van der Waals surface area contributed by atoms with Crippen molar-refractivity contribution in [1.29, 1.82) is 0 Å². The Morgan fingerprint density at radius 1 is 1.13 bits per heavy atom. The van der Waals surface area contributed by atoms with Crippen LogP contribution >= 0.6 is 34.7 Å². The number of thiophene rings is 1. The zero-order valence-electron chi connectivity index (χ0n) is 17.4. The summed E-state index contributed by atoms with van der Waals surface area (Å²) < 4.78 is 1.03. The molecule has 0 bridgehead atoms. The lowest BCUT2D eigenvalue weighted by atomic mass is 9.86. The minimum atomic E-state index is 0.0622. The Kier molecular flexibility index (Phi) is 5.71. The molecule has 1 aliphatic carbocycles. The molecule has 31 heavy (non-hydrogen) atoms. The van der Waals surface area contributed by atoms with E-state index >= 15 is 0 Å². The van der Waals surface area contributed by atoms with Gasteiger partial charge < -0.3 is 0 Å². The first-order valence-corrected chi connectivity index (χ1v) is 12.7. The molecule has 4 nitrogen and oxygen atoms in total. The van der Waals surface area contributed by atoms with Crippen molar-refractivity contribution in [3.63, 3.8) is 0 Å². The maximum atomic E-state index is 12.6. The number of rotatable bonds is 5. The first-order valence-electron chi connectivity index (χ1n) is 10.5. The van der Waals surface area contributed by atoms with Crippen LogP contribution in [0, 0.1) is 0 Å². The summed E-state index contributed by atoms with van der Waals surface area (Å²) in [6, 6.07) is 7.03. The van der Waals surface area contributed by atoms with E-state index in [9.17, 15) is 4.79 Å². The van der Waals surface area contributed by atoms with Gasteiger partial charge in [-0.25, -0.2) is 15.0 Å². The Morgan fingerprint density at radius 3 is 2.61 bits per heavy atom. The van der Waals surface area contributed by atoms with E-state index in [1.54, 1.807) is 41.9 Å². The Bertz CT molecular complexity index is 1300. The minimum absolute atomic E-state index is 0.0622. The average molecular weight is 468 g/mol. The van der Waals surface area contributed by atoms with Gasteiger partial charge in [-0.1, -0.05) is 37.2 Å². The fourth-order valence-corrected chi connectivity index (χ4v) is 6.56. The maximum Gasteiger partial charge on any atom is 0.173 e. The van der Waals surface area contributed by atoms with Crippen molar-refractivity contribution in [2.75, 3.05) is 5.75 Å². The molecular weight excluding hydrogens is 446 g/mol. The number of aromatic nitrogens is 3. The molecule has 0 fully saturated rings. The van der Waals surface area contributed by atoms with Gasteiger partial charge in [-0.3, -0.25) is 4.79 Å². The number of nitrogens with zero attached hydrogens (tertiary/aromatic N) is 3. The largest absolute Gasteiger partial charge is 0.293 e. The van der Waals surface area contributed by atoms with Gasteiger partial charge in [0.15, 0.2) is 5.78 Å². The second-order valence-electron chi connectivity index (χ2n) is 8.17. The van der Waals surface area contributed by atoms with Crippen LogP contribution in [0.2, 0.25) is 5.02 Å². The van der Waals surface area contributed by atoms with E-state index in [1.807, 2.05) is 0 Å². The second kappa shape index (κ2) is 8.49. The SMILES string of the molecule is CC(C)c1nc2sc3c(SCC(=O)c4ccc(Cl)cc4)ncnc3c2c2c1CCCC2. The number of thioether (sulfide) groups is 1. The third-order valence-corrected chi connectivity index (χ3v) is 8.22. The van der Waals surface area contributed by atoms with Crippen LogP contribution in [0.4, 0.5) is 0 Å². The van der Waals surface area contributed by atoms with Crippen molar-refractivity contribution in [3.8, 4) is 0 Å². The molecule has 1 aromatic carbocycles. The van der Waals surface area contributed by atoms with Crippen LogP contribution in [0.1, 0.15) is 59.8 Å². The van der Waals surface area contributed by atoms with Crippen LogP contribution in [0.5, 0.6) is 0 Å². The summed E-state index contributed by atoms with van der Waals surface area (Å²) in [5, 5.41) is 2.68. The summed E-state index contributed by atoms with van der Waals surface area (Å²) in [6.45, 7) is 4.44. The standard InChI is InChI=1S/C24H22ClN3OS2/c1-13(2)20-17-6-4-3-5-16(17)19-21-22(31-23(19)28-20)24(27-12-26-21)30-11-18(29)14-7-9-15(25)10-8-14/h7-10,12-13H,3-6,11H2,1-2H3. The summed E-state index contributed by atoms with van der Waals surface area (Å²) in [6.07, 6.45) is 6.25. The lowest BCUT2D eigenvalue weighted by Gasteiger charge is -2.21. The molecule has 0 spiro atoms. The quantitative estimate of drug-likeness (QED) is 0.182. The molecule has 0 unspecified atom stereocenters. The molecule has 3 heterocycles. The van der Waals surface area contributed by atoms with Crippen molar-refractivity contribution < 1.29 is 4.79 Å². The highest BCUT2D eigenvalue weighted by Crippen LogP contribution is 2.42. The van der Waals surface area contributed by atoms with E-state index < -0.39 is 0 Å². The number of fused-ring (bicyclic) bond motifs is 5. The Hall–Kier alpha value is -2.02. The van der Waals surface area contributed by atoms with Crippen molar-refractivity contribution in [2.24, 2.45) is 0 Å².